The molecule has 0 spiro atoms. The molecule has 108 valence electrons. The summed E-state index contributed by atoms with van der Waals surface area (Å²) in [5, 5.41) is 5.16. The second kappa shape index (κ2) is 7.04. The Morgan fingerprint density at radius 2 is 1.81 bits per heavy atom. The van der Waals surface area contributed by atoms with Crippen molar-refractivity contribution in [2.24, 2.45) is 0 Å². The number of aryl methyl sites for hydroxylation is 1. The summed E-state index contributed by atoms with van der Waals surface area (Å²) in [5.74, 6) is -1.33. The second-order valence-electron chi connectivity index (χ2n) is 4.57. The normalized spacial score (nSPS) is 10.0. The van der Waals surface area contributed by atoms with Crippen molar-refractivity contribution in [1.82, 2.24) is 5.32 Å². The van der Waals surface area contributed by atoms with E-state index in [0.717, 1.165) is 15.6 Å². The Balaban J connectivity index is 1.91. The SMILES string of the molecule is Cc1ccccc1CNC(=O)C(=O)Nc1cccc(Br)c1. The van der Waals surface area contributed by atoms with Gasteiger partial charge in [0.1, 0.15) is 0 Å². The first-order chi connectivity index (χ1) is 10.1. The fraction of sp³-hybridized carbons (Fsp3) is 0.125. The minimum absolute atomic E-state index is 0.331. The predicted molar refractivity (Wildman–Crippen MR) is 85.8 cm³/mol. The van der Waals surface area contributed by atoms with Crippen LogP contribution in [0.2, 0.25) is 0 Å². The Bertz CT molecular complexity index is 671. The van der Waals surface area contributed by atoms with Crippen molar-refractivity contribution in [3.63, 3.8) is 0 Å². The van der Waals surface area contributed by atoms with E-state index in [0.29, 0.717) is 12.2 Å². The van der Waals surface area contributed by atoms with E-state index in [1.807, 2.05) is 37.3 Å². The zero-order chi connectivity index (χ0) is 15.2. The number of nitrogens with one attached hydrogen (secondary N) is 2. The molecule has 2 aromatic carbocycles. The fourth-order valence-corrected chi connectivity index (χ4v) is 2.22. The van der Waals surface area contributed by atoms with Crippen molar-refractivity contribution in [3.8, 4) is 0 Å². The highest BCUT2D eigenvalue weighted by molar-refractivity contribution is 9.10. The van der Waals surface area contributed by atoms with Crippen LogP contribution in [0.15, 0.2) is 53.0 Å². The molecule has 0 atom stereocenters. The molecule has 2 rings (SSSR count). The van der Waals surface area contributed by atoms with Gasteiger partial charge in [0.25, 0.3) is 0 Å². The molecule has 5 heteroatoms. The Morgan fingerprint density at radius 1 is 1.05 bits per heavy atom. The van der Waals surface area contributed by atoms with Crippen molar-refractivity contribution in [3.05, 3.63) is 64.1 Å². The summed E-state index contributed by atoms with van der Waals surface area (Å²) < 4.78 is 0.834. The van der Waals surface area contributed by atoms with Gasteiger partial charge in [0.05, 0.1) is 0 Å². The lowest BCUT2D eigenvalue weighted by atomic mass is 10.1. The van der Waals surface area contributed by atoms with Crippen LogP contribution in [0.25, 0.3) is 0 Å². The van der Waals surface area contributed by atoms with Gasteiger partial charge in [0.2, 0.25) is 0 Å². The lowest BCUT2D eigenvalue weighted by molar-refractivity contribution is -0.136. The predicted octanol–water partition coefficient (Wildman–Crippen LogP) is 3.01. The molecular formula is C16H15BrN2O2. The van der Waals surface area contributed by atoms with Crippen LogP contribution in [-0.4, -0.2) is 11.8 Å². The van der Waals surface area contributed by atoms with E-state index < -0.39 is 11.8 Å². The Hall–Kier alpha value is -2.14. The number of carbonyl (C=O) groups excluding carboxylic acids is 2. The summed E-state index contributed by atoms with van der Waals surface area (Å²) >= 11 is 3.31. The molecule has 0 aliphatic heterocycles. The van der Waals surface area contributed by atoms with Gasteiger partial charge >= 0.3 is 11.8 Å². The highest BCUT2D eigenvalue weighted by atomic mass is 79.9. The first kappa shape index (κ1) is 15.3. The fourth-order valence-electron chi connectivity index (χ4n) is 1.82. The monoisotopic (exact) mass is 346 g/mol. The van der Waals surface area contributed by atoms with Crippen LogP contribution >= 0.6 is 15.9 Å². The molecule has 0 aromatic heterocycles. The lowest BCUT2D eigenvalue weighted by Gasteiger charge is -2.08. The molecule has 4 nitrogen and oxygen atoms in total. The zero-order valence-electron chi connectivity index (χ0n) is 11.5. The van der Waals surface area contributed by atoms with E-state index in [9.17, 15) is 9.59 Å². The molecule has 2 aromatic rings. The quantitative estimate of drug-likeness (QED) is 0.839. The van der Waals surface area contributed by atoms with Crippen LogP contribution in [0.3, 0.4) is 0 Å². The summed E-state index contributed by atoms with van der Waals surface area (Å²) in [7, 11) is 0. The van der Waals surface area contributed by atoms with Gasteiger partial charge in [-0.1, -0.05) is 46.3 Å². The van der Waals surface area contributed by atoms with Crippen LogP contribution in [0.1, 0.15) is 11.1 Å². The van der Waals surface area contributed by atoms with E-state index in [-0.39, 0.29) is 0 Å². The van der Waals surface area contributed by atoms with Gasteiger partial charge in [-0.25, -0.2) is 0 Å². The standard InChI is InChI=1S/C16H15BrN2O2/c1-11-5-2-3-6-12(11)10-18-15(20)16(21)19-14-8-4-7-13(17)9-14/h2-9H,10H2,1H3,(H,18,20)(H,19,21). The summed E-state index contributed by atoms with van der Waals surface area (Å²) in [6.07, 6.45) is 0. The number of halogens is 1. The van der Waals surface area contributed by atoms with E-state index in [2.05, 4.69) is 26.6 Å². The highest BCUT2D eigenvalue weighted by Gasteiger charge is 2.13. The van der Waals surface area contributed by atoms with Gasteiger partial charge in [-0.2, -0.15) is 0 Å². The van der Waals surface area contributed by atoms with E-state index in [1.165, 1.54) is 0 Å². The molecule has 2 N–H and O–H groups in total. The average molecular weight is 347 g/mol. The molecule has 0 unspecified atom stereocenters. The van der Waals surface area contributed by atoms with Crippen LogP contribution < -0.4 is 10.6 Å². The summed E-state index contributed by atoms with van der Waals surface area (Å²) in [5.41, 5.74) is 2.63. The number of anilines is 1. The van der Waals surface area contributed by atoms with Gasteiger partial charge in [-0.15, -0.1) is 0 Å². The molecule has 0 aliphatic rings. The van der Waals surface area contributed by atoms with Gasteiger partial charge in [0, 0.05) is 16.7 Å². The first-order valence-corrected chi connectivity index (χ1v) is 7.25. The van der Waals surface area contributed by atoms with Crippen molar-refractivity contribution in [1.29, 1.82) is 0 Å². The summed E-state index contributed by atoms with van der Waals surface area (Å²) in [6, 6.07) is 14.8. The third-order valence-electron chi connectivity index (χ3n) is 2.99. The Morgan fingerprint density at radius 3 is 2.52 bits per heavy atom. The molecule has 0 radical (unpaired) electrons. The molecule has 0 aliphatic carbocycles. The van der Waals surface area contributed by atoms with Gasteiger partial charge < -0.3 is 10.6 Å². The van der Waals surface area contributed by atoms with Crippen molar-refractivity contribution in [2.45, 2.75) is 13.5 Å². The molecule has 0 fully saturated rings. The number of carbonyl (C=O) groups is 2. The van der Waals surface area contributed by atoms with E-state index in [4.69, 9.17) is 0 Å². The molecule has 0 bridgehead atoms. The van der Waals surface area contributed by atoms with Gasteiger partial charge in [0.15, 0.2) is 0 Å². The van der Waals surface area contributed by atoms with Gasteiger partial charge in [-0.05, 0) is 36.2 Å². The Labute approximate surface area is 131 Å². The summed E-state index contributed by atoms with van der Waals surface area (Å²) in [4.78, 5) is 23.6. The van der Waals surface area contributed by atoms with Crippen molar-refractivity contribution >= 4 is 33.4 Å². The van der Waals surface area contributed by atoms with Crippen LogP contribution in [0.4, 0.5) is 5.69 Å². The van der Waals surface area contributed by atoms with Crippen LogP contribution in [0.5, 0.6) is 0 Å². The molecule has 0 saturated heterocycles. The molecular weight excluding hydrogens is 332 g/mol. The van der Waals surface area contributed by atoms with Crippen LogP contribution in [-0.2, 0) is 16.1 Å². The van der Waals surface area contributed by atoms with E-state index in [1.54, 1.807) is 18.2 Å². The number of hydrogen-bond donors (Lipinski definition) is 2. The van der Waals surface area contributed by atoms with Crippen molar-refractivity contribution < 1.29 is 9.59 Å². The molecule has 2 amide bonds. The first-order valence-electron chi connectivity index (χ1n) is 6.45. The number of benzene rings is 2. The maximum atomic E-state index is 11.8. The number of amides is 2. The maximum absolute atomic E-state index is 11.8. The van der Waals surface area contributed by atoms with Crippen molar-refractivity contribution in [2.75, 3.05) is 5.32 Å². The minimum atomic E-state index is -0.679. The zero-order valence-corrected chi connectivity index (χ0v) is 13.1. The van der Waals surface area contributed by atoms with Crippen LogP contribution in [0, 0.1) is 6.92 Å². The number of rotatable bonds is 3. The maximum Gasteiger partial charge on any atom is 0.313 e. The lowest BCUT2D eigenvalue weighted by Crippen LogP contribution is -2.35. The molecule has 0 saturated carbocycles. The second-order valence-corrected chi connectivity index (χ2v) is 5.49. The smallest absolute Gasteiger partial charge is 0.313 e. The van der Waals surface area contributed by atoms with Gasteiger partial charge in [-0.3, -0.25) is 9.59 Å². The third-order valence-corrected chi connectivity index (χ3v) is 3.48. The Kier molecular flexibility index (Phi) is 5.11. The third kappa shape index (κ3) is 4.43. The summed E-state index contributed by atoms with van der Waals surface area (Å²) in [6.45, 7) is 2.29. The highest BCUT2D eigenvalue weighted by Crippen LogP contribution is 2.15. The average Bonchev–Trinajstić information content (AvgIpc) is 2.46. The topological polar surface area (TPSA) is 58.2 Å². The minimum Gasteiger partial charge on any atom is -0.344 e. The molecule has 0 heterocycles. The number of hydrogen-bond acceptors (Lipinski definition) is 2. The largest absolute Gasteiger partial charge is 0.344 e. The van der Waals surface area contributed by atoms with E-state index >= 15 is 0 Å². The molecule has 21 heavy (non-hydrogen) atoms.